The maximum atomic E-state index is 13.2. The summed E-state index contributed by atoms with van der Waals surface area (Å²) in [7, 11) is 0. The van der Waals surface area contributed by atoms with Gasteiger partial charge in [-0.3, -0.25) is 24.4 Å². The van der Waals surface area contributed by atoms with E-state index in [1.54, 1.807) is 6.92 Å². The van der Waals surface area contributed by atoms with Crippen LogP contribution in [0, 0.1) is 6.92 Å². The van der Waals surface area contributed by atoms with Crippen LogP contribution >= 0.6 is 0 Å². The van der Waals surface area contributed by atoms with Gasteiger partial charge in [-0.1, -0.05) is 42.5 Å². The Bertz CT molecular complexity index is 1320. The average molecular weight is 415 g/mol. The number of aromatic nitrogens is 4. The summed E-state index contributed by atoms with van der Waals surface area (Å²) in [6.45, 7) is 2.04. The zero-order chi connectivity index (χ0) is 21.5. The van der Waals surface area contributed by atoms with Crippen LogP contribution in [0.1, 0.15) is 29.2 Å². The molecule has 0 bridgehead atoms. The molecule has 0 saturated carbocycles. The van der Waals surface area contributed by atoms with E-state index in [4.69, 9.17) is 0 Å². The summed E-state index contributed by atoms with van der Waals surface area (Å²) in [5.41, 5.74) is 3.10. The van der Waals surface area contributed by atoms with Crippen LogP contribution in [-0.2, 0) is 16.0 Å². The molecule has 1 aliphatic rings. The second kappa shape index (κ2) is 7.39. The predicted octanol–water partition coefficient (Wildman–Crippen LogP) is 2.44. The number of imidazole rings is 1. The highest BCUT2D eigenvalue weighted by Crippen LogP contribution is 2.30. The number of hydrogen-bond donors (Lipinski definition) is 2. The van der Waals surface area contributed by atoms with Crippen molar-refractivity contribution in [3.63, 3.8) is 0 Å². The third-order valence-corrected chi connectivity index (χ3v) is 5.76. The molecule has 8 heteroatoms. The first-order valence-electron chi connectivity index (χ1n) is 10.2. The number of nitrogens with zero attached hydrogens (tertiary/aromatic N) is 3. The molecule has 8 nitrogen and oxygen atoms in total. The summed E-state index contributed by atoms with van der Waals surface area (Å²) in [6.07, 6.45) is 0.585. The van der Waals surface area contributed by atoms with E-state index < -0.39 is 5.92 Å². The Morgan fingerprint density at radius 1 is 1.03 bits per heavy atom. The number of benzene rings is 2. The number of H-pyrrole nitrogens is 2. The van der Waals surface area contributed by atoms with Gasteiger partial charge in [-0.25, -0.2) is 4.98 Å². The van der Waals surface area contributed by atoms with Gasteiger partial charge in [0.25, 0.3) is 5.56 Å². The first-order chi connectivity index (χ1) is 15.0. The van der Waals surface area contributed by atoms with Gasteiger partial charge in [-0.2, -0.15) is 4.68 Å². The van der Waals surface area contributed by atoms with Crippen molar-refractivity contribution in [1.29, 1.82) is 0 Å². The molecular weight excluding hydrogens is 394 g/mol. The molecule has 156 valence electrons. The summed E-state index contributed by atoms with van der Waals surface area (Å²) < 4.78 is 1.30. The van der Waals surface area contributed by atoms with E-state index in [0.29, 0.717) is 30.2 Å². The Labute approximate surface area is 177 Å². The number of carbonyl (C=O) groups is 2. The van der Waals surface area contributed by atoms with Gasteiger partial charge in [-0.05, 0) is 31.0 Å². The van der Waals surface area contributed by atoms with E-state index in [1.165, 1.54) is 9.58 Å². The van der Waals surface area contributed by atoms with Crippen LogP contribution in [0.25, 0.3) is 17.0 Å². The SMILES string of the molecule is Cc1[nH]n(-c2nc3ccccc3[nH]2)c(=O)c1[C@@H]1CC(=O)N(CCc2ccccc2)C1=O. The Morgan fingerprint density at radius 2 is 1.77 bits per heavy atom. The fourth-order valence-corrected chi connectivity index (χ4v) is 4.19. The first kappa shape index (κ1) is 19.0. The molecule has 1 saturated heterocycles. The lowest BCUT2D eigenvalue weighted by atomic mass is 9.98. The van der Waals surface area contributed by atoms with Crippen molar-refractivity contribution in [3.05, 3.63) is 81.8 Å². The third-order valence-electron chi connectivity index (χ3n) is 5.76. The van der Waals surface area contributed by atoms with Gasteiger partial charge in [0.2, 0.25) is 17.8 Å². The summed E-state index contributed by atoms with van der Waals surface area (Å²) in [5.74, 6) is -1.01. The average Bonchev–Trinajstić information content (AvgIpc) is 3.41. The van der Waals surface area contributed by atoms with E-state index in [-0.39, 0.29) is 23.8 Å². The molecule has 31 heavy (non-hydrogen) atoms. The van der Waals surface area contributed by atoms with Crippen molar-refractivity contribution in [2.24, 2.45) is 0 Å². The molecule has 0 radical (unpaired) electrons. The molecule has 0 aliphatic carbocycles. The number of imide groups is 1. The van der Waals surface area contributed by atoms with Crippen LogP contribution in [0.3, 0.4) is 0 Å². The Morgan fingerprint density at radius 3 is 2.55 bits per heavy atom. The fourth-order valence-electron chi connectivity index (χ4n) is 4.19. The number of carbonyl (C=O) groups excluding carboxylic acids is 2. The van der Waals surface area contributed by atoms with Crippen LogP contribution < -0.4 is 5.56 Å². The zero-order valence-electron chi connectivity index (χ0n) is 17.0. The van der Waals surface area contributed by atoms with Crippen LogP contribution in [0.5, 0.6) is 0 Å². The van der Waals surface area contributed by atoms with E-state index in [1.807, 2.05) is 54.6 Å². The predicted molar refractivity (Wildman–Crippen MR) is 115 cm³/mol. The minimum atomic E-state index is -0.780. The van der Waals surface area contributed by atoms with Gasteiger partial charge in [0.1, 0.15) is 0 Å². The highest BCUT2D eigenvalue weighted by Gasteiger charge is 2.42. The fraction of sp³-hybridized carbons (Fsp3) is 0.217. The number of para-hydroxylation sites is 2. The third kappa shape index (κ3) is 3.26. The molecule has 1 fully saturated rings. The van der Waals surface area contributed by atoms with Crippen LogP contribution in [0.2, 0.25) is 0 Å². The number of nitrogens with one attached hydrogen (secondary N) is 2. The molecular formula is C23H21N5O3. The Kier molecular flexibility index (Phi) is 4.54. The smallest absolute Gasteiger partial charge is 0.278 e. The Balaban J connectivity index is 1.43. The van der Waals surface area contributed by atoms with Crippen molar-refractivity contribution in [2.45, 2.75) is 25.7 Å². The van der Waals surface area contributed by atoms with E-state index in [9.17, 15) is 14.4 Å². The molecule has 1 atom stereocenters. The molecule has 3 heterocycles. The number of aromatic amines is 2. The quantitative estimate of drug-likeness (QED) is 0.489. The number of amides is 2. The molecule has 1 aliphatic heterocycles. The number of likely N-dealkylation sites (tertiary alicyclic amines) is 1. The highest BCUT2D eigenvalue weighted by molar-refractivity contribution is 6.06. The molecule has 0 unspecified atom stereocenters. The van der Waals surface area contributed by atoms with Crippen LogP contribution in [0.15, 0.2) is 59.4 Å². The van der Waals surface area contributed by atoms with Gasteiger partial charge in [0, 0.05) is 18.7 Å². The monoisotopic (exact) mass is 415 g/mol. The molecule has 2 amide bonds. The lowest BCUT2D eigenvalue weighted by Gasteiger charge is -2.14. The minimum Gasteiger partial charge on any atom is -0.322 e. The van der Waals surface area contributed by atoms with Crippen molar-refractivity contribution in [1.82, 2.24) is 24.6 Å². The van der Waals surface area contributed by atoms with Gasteiger partial charge in [-0.15, -0.1) is 0 Å². The highest BCUT2D eigenvalue weighted by atomic mass is 16.2. The molecule has 2 N–H and O–H groups in total. The van der Waals surface area contributed by atoms with E-state index in [0.717, 1.165) is 16.6 Å². The molecule has 4 aromatic rings. The number of fused-ring (bicyclic) bond motifs is 1. The normalized spacial score (nSPS) is 16.5. The maximum Gasteiger partial charge on any atom is 0.278 e. The van der Waals surface area contributed by atoms with Crippen molar-refractivity contribution in [3.8, 4) is 5.95 Å². The standard InChI is InChI=1S/C23H21N5O3/c1-14-20(22(31)28(26-14)23-24-17-9-5-6-10-18(17)25-23)16-13-19(29)27(21(16)30)12-11-15-7-3-2-4-8-15/h2-10,16,26H,11-13H2,1H3,(H,24,25)/t16-/m0/s1. The molecule has 2 aromatic heterocycles. The van der Waals surface area contributed by atoms with E-state index >= 15 is 0 Å². The van der Waals surface area contributed by atoms with Crippen LogP contribution in [0.4, 0.5) is 0 Å². The van der Waals surface area contributed by atoms with Crippen molar-refractivity contribution < 1.29 is 9.59 Å². The molecule has 0 spiro atoms. The lowest BCUT2D eigenvalue weighted by Crippen LogP contribution is -2.33. The van der Waals surface area contributed by atoms with Crippen molar-refractivity contribution in [2.75, 3.05) is 6.54 Å². The second-order valence-electron chi connectivity index (χ2n) is 7.74. The summed E-state index contributed by atoms with van der Waals surface area (Å²) in [5, 5.41) is 3.00. The van der Waals surface area contributed by atoms with Gasteiger partial charge in [0.05, 0.1) is 22.5 Å². The topological polar surface area (TPSA) is 104 Å². The van der Waals surface area contributed by atoms with Gasteiger partial charge in [0.15, 0.2) is 0 Å². The van der Waals surface area contributed by atoms with Crippen LogP contribution in [-0.4, -0.2) is 43.0 Å². The number of rotatable bonds is 5. The van der Waals surface area contributed by atoms with Crippen molar-refractivity contribution >= 4 is 22.8 Å². The first-order valence-corrected chi connectivity index (χ1v) is 10.2. The summed E-state index contributed by atoms with van der Waals surface area (Å²) >= 11 is 0. The minimum absolute atomic E-state index is 0.00167. The summed E-state index contributed by atoms with van der Waals surface area (Å²) in [6, 6.07) is 17.2. The molecule has 2 aromatic carbocycles. The zero-order valence-corrected chi connectivity index (χ0v) is 17.0. The van der Waals surface area contributed by atoms with Gasteiger partial charge >= 0.3 is 0 Å². The second-order valence-corrected chi connectivity index (χ2v) is 7.74. The van der Waals surface area contributed by atoms with E-state index in [2.05, 4.69) is 15.1 Å². The number of hydrogen-bond acceptors (Lipinski definition) is 4. The lowest BCUT2D eigenvalue weighted by molar-refractivity contribution is -0.138. The largest absolute Gasteiger partial charge is 0.322 e. The summed E-state index contributed by atoms with van der Waals surface area (Å²) in [4.78, 5) is 47.6. The Hall–Kier alpha value is -3.94. The number of aryl methyl sites for hydroxylation is 1. The van der Waals surface area contributed by atoms with Gasteiger partial charge < -0.3 is 4.98 Å². The molecule has 5 rings (SSSR count). The maximum absolute atomic E-state index is 13.2.